The van der Waals surface area contributed by atoms with Gasteiger partial charge in [-0.05, 0) is 49.9 Å². The quantitative estimate of drug-likeness (QED) is 0.425. The number of halogens is 3. The average Bonchev–Trinajstić information content (AvgIpc) is 2.47. The minimum atomic E-state index is -4.38. The molecule has 0 fully saturated rings. The Bertz CT molecular complexity index is 605. The van der Waals surface area contributed by atoms with E-state index in [1.807, 2.05) is 6.08 Å². The lowest BCUT2D eigenvalue weighted by Crippen LogP contribution is -2.42. The molecule has 0 atom stereocenters. The zero-order valence-corrected chi connectivity index (χ0v) is 12.3. The number of allylic oxidation sites excluding steroid dienone is 2. The summed E-state index contributed by atoms with van der Waals surface area (Å²) >= 11 is 0. The summed E-state index contributed by atoms with van der Waals surface area (Å²) < 4.78 is 37.4. The molecule has 124 valence electrons. The molecule has 0 unspecified atom stereocenters. The molecular weight excluding hydrogens is 307 g/mol. The fraction of sp³-hybridized carbons (Fsp3) is 0.333. The SMILES string of the molecule is N=C(NC(=N)Nc1ccc(C(F)(F)F)cc1)NC1=CCCCC1. The van der Waals surface area contributed by atoms with Crippen LogP contribution in [0.15, 0.2) is 36.0 Å². The maximum Gasteiger partial charge on any atom is 0.416 e. The third kappa shape index (κ3) is 5.32. The maximum absolute atomic E-state index is 12.5. The lowest BCUT2D eigenvalue weighted by Gasteiger charge is -2.17. The summed E-state index contributed by atoms with van der Waals surface area (Å²) in [6.07, 6.45) is 1.67. The van der Waals surface area contributed by atoms with Gasteiger partial charge < -0.3 is 10.6 Å². The van der Waals surface area contributed by atoms with E-state index in [2.05, 4.69) is 16.0 Å². The summed E-state index contributed by atoms with van der Waals surface area (Å²) in [4.78, 5) is 0. The Morgan fingerprint density at radius 3 is 2.17 bits per heavy atom. The normalized spacial score (nSPS) is 14.7. The Labute approximate surface area is 132 Å². The fourth-order valence-corrected chi connectivity index (χ4v) is 2.19. The Kier molecular flexibility index (Phi) is 5.25. The molecule has 2 rings (SSSR count). The molecule has 1 aromatic carbocycles. The number of guanidine groups is 2. The van der Waals surface area contributed by atoms with Crippen molar-refractivity contribution in [1.29, 1.82) is 10.8 Å². The Morgan fingerprint density at radius 2 is 1.61 bits per heavy atom. The summed E-state index contributed by atoms with van der Waals surface area (Å²) in [5.41, 5.74) is 0.525. The van der Waals surface area contributed by atoms with Crippen molar-refractivity contribution in [1.82, 2.24) is 10.6 Å². The molecule has 0 heterocycles. The fourth-order valence-electron chi connectivity index (χ4n) is 2.19. The van der Waals surface area contributed by atoms with Crippen LogP contribution in [-0.2, 0) is 6.18 Å². The van der Waals surface area contributed by atoms with Gasteiger partial charge in [-0.3, -0.25) is 16.1 Å². The number of rotatable bonds is 2. The van der Waals surface area contributed by atoms with Crippen LogP contribution in [0.1, 0.15) is 31.2 Å². The summed E-state index contributed by atoms with van der Waals surface area (Å²) in [6.45, 7) is 0. The molecule has 0 radical (unpaired) electrons. The highest BCUT2D eigenvalue weighted by Crippen LogP contribution is 2.29. The number of anilines is 1. The van der Waals surface area contributed by atoms with Crippen LogP contribution < -0.4 is 16.0 Å². The molecule has 0 saturated carbocycles. The zero-order chi connectivity index (χ0) is 16.9. The Balaban J connectivity index is 1.84. The van der Waals surface area contributed by atoms with E-state index in [1.165, 1.54) is 12.1 Å². The van der Waals surface area contributed by atoms with E-state index in [1.54, 1.807) is 0 Å². The van der Waals surface area contributed by atoms with Gasteiger partial charge in [0.25, 0.3) is 0 Å². The molecule has 5 nitrogen and oxygen atoms in total. The van der Waals surface area contributed by atoms with Crippen molar-refractivity contribution in [3.05, 3.63) is 41.6 Å². The molecule has 1 aromatic rings. The standard InChI is InChI=1S/C15H18F3N5/c16-15(17,18)10-6-8-12(9-7-10)22-14(20)23-13(19)21-11-4-2-1-3-5-11/h4,6-9H,1-3,5H2,(H5,19,20,21,22,23). The molecular formula is C15H18F3N5. The van der Waals surface area contributed by atoms with E-state index >= 15 is 0 Å². The van der Waals surface area contributed by atoms with Crippen molar-refractivity contribution in [2.45, 2.75) is 31.9 Å². The average molecular weight is 325 g/mol. The van der Waals surface area contributed by atoms with E-state index < -0.39 is 11.7 Å². The second kappa shape index (κ2) is 7.17. The molecule has 0 bridgehead atoms. The molecule has 1 aliphatic carbocycles. The topological polar surface area (TPSA) is 83.8 Å². The van der Waals surface area contributed by atoms with Gasteiger partial charge in [0.15, 0.2) is 11.9 Å². The van der Waals surface area contributed by atoms with Gasteiger partial charge in [0.2, 0.25) is 0 Å². The second-order valence-corrected chi connectivity index (χ2v) is 5.18. The van der Waals surface area contributed by atoms with Crippen LogP contribution in [0.4, 0.5) is 18.9 Å². The Hall–Kier alpha value is -2.51. The van der Waals surface area contributed by atoms with Crippen LogP contribution in [0.2, 0.25) is 0 Å². The number of hydrogen-bond acceptors (Lipinski definition) is 2. The van der Waals surface area contributed by atoms with Crippen LogP contribution >= 0.6 is 0 Å². The molecule has 0 aliphatic heterocycles. The molecule has 0 aromatic heterocycles. The first-order chi connectivity index (χ1) is 10.8. The van der Waals surface area contributed by atoms with E-state index in [0.717, 1.165) is 43.5 Å². The molecule has 0 saturated heterocycles. The van der Waals surface area contributed by atoms with Crippen molar-refractivity contribution >= 4 is 17.6 Å². The number of hydrogen-bond donors (Lipinski definition) is 5. The lowest BCUT2D eigenvalue weighted by molar-refractivity contribution is -0.137. The molecule has 0 spiro atoms. The van der Waals surface area contributed by atoms with Crippen molar-refractivity contribution in [3.8, 4) is 0 Å². The first kappa shape index (κ1) is 16.9. The zero-order valence-electron chi connectivity index (χ0n) is 12.3. The van der Waals surface area contributed by atoms with Gasteiger partial charge >= 0.3 is 6.18 Å². The van der Waals surface area contributed by atoms with E-state index in [4.69, 9.17) is 10.8 Å². The monoisotopic (exact) mass is 325 g/mol. The highest BCUT2D eigenvalue weighted by Gasteiger charge is 2.29. The van der Waals surface area contributed by atoms with Crippen LogP contribution in [0, 0.1) is 10.8 Å². The van der Waals surface area contributed by atoms with Crippen LogP contribution in [-0.4, -0.2) is 11.9 Å². The Morgan fingerprint density at radius 1 is 0.957 bits per heavy atom. The second-order valence-electron chi connectivity index (χ2n) is 5.18. The number of benzene rings is 1. The molecule has 5 N–H and O–H groups in total. The number of nitrogens with one attached hydrogen (secondary N) is 5. The van der Waals surface area contributed by atoms with E-state index in [9.17, 15) is 13.2 Å². The lowest BCUT2D eigenvalue weighted by atomic mass is 10.1. The molecule has 8 heteroatoms. The smallest absolute Gasteiger partial charge is 0.330 e. The maximum atomic E-state index is 12.5. The van der Waals surface area contributed by atoms with Gasteiger partial charge in [0.1, 0.15) is 0 Å². The van der Waals surface area contributed by atoms with Crippen molar-refractivity contribution in [2.24, 2.45) is 0 Å². The minimum absolute atomic E-state index is 0.0532. The van der Waals surface area contributed by atoms with Crippen LogP contribution in [0.5, 0.6) is 0 Å². The summed E-state index contributed by atoms with van der Waals surface area (Å²) in [6, 6.07) is 4.34. The molecule has 1 aliphatic rings. The van der Waals surface area contributed by atoms with Gasteiger partial charge in [-0.15, -0.1) is 0 Å². The first-order valence-corrected chi connectivity index (χ1v) is 7.19. The van der Waals surface area contributed by atoms with Crippen LogP contribution in [0.3, 0.4) is 0 Å². The predicted octanol–water partition coefficient (Wildman–Crippen LogP) is 3.62. The van der Waals surface area contributed by atoms with Crippen molar-refractivity contribution in [3.63, 3.8) is 0 Å². The summed E-state index contributed by atoms with van der Waals surface area (Å²) in [5, 5.41) is 23.4. The van der Waals surface area contributed by atoms with E-state index in [-0.39, 0.29) is 11.9 Å². The van der Waals surface area contributed by atoms with Gasteiger partial charge in [0.05, 0.1) is 5.56 Å². The van der Waals surface area contributed by atoms with E-state index in [0.29, 0.717) is 5.69 Å². The molecule has 0 amide bonds. The van der Waals surface area contributed by atoms with Gasteiger partial charge in [-0.2, -0.15) is 13.2 Å². The van der Waals surface area contributed by atoms with Gasteiger partial charge in [-0.25, -0.2) is 0 Å². The highest BCUT2D eigenvalue weighted by molar-refractivity contribution is 6.03. The molecule has 23 heavy (non-hydrogen) atoms. The van der Waals surface area contributed by atoms with Crippen molar-refractivity contribution < 1.29 is 13.2 Å². The van der Waals surface area contributed by atoms with Gasteiger partial charge in [0, 0.05) is 11.4 Å². The van der Waals surface area contributed by atoms with Crippen LogP contribution in [0.25, 0.3) is 0 Å². The summed E-state index contributed by atoms with van der Waals surface area (Å²) in [7, 11) is 0. The van der Waals surface area contributed by atoms with Gasteiger partial charge in [-0.1, -0.05) is 6.08 Å². The largest absolute Gasteiger partial charge is 0.416 e. The third-order valence-corrected chi connectivity index (χ3v) is 3.31. The summed E-state index contributed by atoms with van der Waals surface area (Å²) in [5.74, 6) is -0.249. The predicted molar refractivity (Wildman–Crippen MR) is 83.3 cm³/mol. The highest BCUT2D eigenvalue weighted by atomic mass is 19.4. The third-order valence-electron chi connectivity index (χ3n) is 3.31. The van der Waals surface area contributed by atoms with Crippen molar-refractivity contribution in [2.75, 3.05) is 5.32 Å². The minimum Gasteiger partial charge on any atom is -0.330 e. The first-order valence-electron chi connectivity index (χ1n) is 7.19. The number of alkyl halides is 3.